The van der Waals surface area contributed by atoms with Crippen molar-refractivity contribution in [1.82, 2.24) is 15.2 Å². The minimum Gasteiger partial charge on any atom is -0.348 e. The molecule has 0 unspecified atom stereocenters. The molecule has 1 atom stereocenters. The molecule has 0 radical (unpaired) electrons. The summed E-state index contributed by atoms with van der Waals surface area (Å²) >= 11 is 7.25. The zero-order valence-corrected chi connectivity index (χ0v) is 17.5. The van der Waals surface area contributed by atoms with E-state index in [2.05, 4.69) is 15.6 Å². The molecule has 0 aliphatic heterocycles. The number of urea groups is 1. The summed E-state index contributed by atoms with van der Waals surface area (Å²) in [6.07, 6.45) is 0.856. The highest BCUT2D eigenvalue weighted by atomic mass is 35.5. The summed E-state index contributed by atoms with van der Waals surface area (Å²) in [4.78, 5) is 30.9. The molecule has 0 spiro atoms. The Labute approximate surface area is 168 Å². The van der Waals surface area contributed by atoms with Gasteiger partial charge < -0.3 is 15.5 Å². The first-order valence-electron chi connectivity index (χ1n) is 8.88. The Bertz CT molecular complexity index is 776. The first kappa shape index (κ1) is 21.2. The van der Waals surface area contributed by atoms with Crippen molar-refractivity contribution in [3.05, 3.63) is 45.4 Å². The van der Waals surface area contributed by atoms with Gasteiger partial charge in [0.05, 0.1) is 6.54 Å². The number of rotatable bonds is 7. The first-order valence-corrected chi connectivity index (χ1v) is 10.1. The van der Waals surface area contributed by atoms with Crippen molar-refractivity contribution in [2.24, 2.45) is 0 Å². The molecule has 0 fully saturated rings. The highest BCUT2D eigenvalue weighted by Crippen LogP contribution is 2.18. The predicted octanol–water partition coefficient (Wildman–Crippen LogP) is 4.77. The van der Waals surface area contributed by atoms with Crippen LogP contribution in [0.25, 0.3) is 0 Å². The molecule has 6 nitrogen and oxygen atoms in total. The number of halogens is 1. The number of nitrogens with zero attached hydrogens (tertiary/aromatic N) is 2. The quantitative estimate of drug-likeness (QED) is 0.693. The average Bonchev–Trinajstić information content (AvgIpc) is 3.10. The number of carbonyl (C=O) groups is 2. The van der Waals surface area contributed by atoms with E-state index in [1.54, 1.807) is 34.5 Å². The van der Waals surface area contributed by atoms with Crippen molar-refractivity contribution in [2.75, 3.05) is 5.32 Å². The number of anilines is 1. The van der Waals surface area contributed by atoms with E-state index in [4.69, 9.17) is 11.6 Å². The van der Waals surface area contributed by atoms with E-state index >= 15 is 0 Å². The van der Waals surface area contributed by atoms with Gasteiger partial charge in [-0.2, -0.15) is 0 Å². The lowest BCUT2D eigenvalue weighted by Gasteiger charge is -2.26. The number of hydrogen-bond donors (Lipinski definition) is 2. The molecule has 8 heteroatoms. The van der Waals surface area contributed by atoms with Gasteiger partial charge in [0.2, 0.25) is 0 Å². The molecule has 0 aliphatic rings. The van der Waals surface area contributed by atoms with Gasteiger partial charge in [0.15, 0.2) is 0 Å². The van der Waals surface area contributed by atoms with E-state index < -0.39 is 0 Å². The van der Waals surface area contributed by atoms with Crippen LogP contribution in [0.15, 0.2) is 29.6 Å². The Morgan fingerprint density at radius 1 is 1.22 bits per heavy atom. The van der Waals surface area contributed by atoms with Crippen LogP contribution in [-0.4, -0.2) is 33.9 Å². The summed E-state index contributed by atoms with van der Waals surface area (Å²) in [6, 6.07) is 6.78. The van der Waals surface area contributed by atoms with Crippen molar-refractivity contribution in [3.63, 3.8) is 0 Å². The van der Waals surface area contributed by atoms with Crippen LogP contribution in [0.1, 0.15) is 49.6 Å². The number of benzene rings is 1. The molecular formula is C19H25ClN4O2S. The van der Waals surface area contributed by atoms with E-state index in [1.165, 1.54) is 11.3 Å². The number of nitrogens with one attached hydrogen (secondary N) is 2. The molecule has 0 saturated carbocycles. The van der Waals surface area contributed by atoms with Gasteiger partial charge in [-0.1, -0.05) is 18.5 Å². The van der Waals surface area contributed by atoms with Gasteiger partial charge in [-0.3, -0.25) is 4.79 Å². The Hall–Kier alpha value is -2.12. The molecule has 27 heavy (non-hydrogen) atoms. The van der Waals surface area contributed by atoms with Gasteiger partial charge in [0.1, 0.15) is 10.7 Å². The zero-order valence-electron chi connectivity index (χ0n) is 16.0. The Morgan fingerprint density at radius 3 is 2.48 bits per heavy atom. The summed E-state index contributed by atoms with van der Waals surface area (Å²) in [7, 11) is 0. The number of aromatic nitrogens is 1. The maximum absolute atomic E-state index is 12.6. The third-order valence-corrected chi connectivity index (χ3v) is 5.15. The van der Waals surface area contributed by atoms with Gasteiger partial charge >= 0.3 is 6.03 Å². The topological polar surface area (TPSA) is 74.3 Å². The van der Waals surface area contributed by atoms with Crippen LogP contribution in [0.2, 0.25) is 5.02 Å². The fraction of sp³-hybridized carbons (Fsp3) is 0.421. The summed E-state index contributed by atoms with van der Waals surface area (Å²) in [6.45, 7) is 8.17. The fourth-order valence-corrected chi connectivity index (χ4v) is 3.15. The Balaban J connectivity index is 2.04. The normalized spacial score (nSPS) is 11.9. The summed E-state index contributed by atoms with van der Waals surface area (Å²) in [5.74, 6) is -0.187. The molecule has 2 rings (SSSR count). The summed E-state index contributed by atoms with van der Waals surface area (Å²) in [5.41, 5.74) is 1.06. The van der Waals surface area contributed by atoms with Gasteiger partial charge in [0, 0.05) is 28.2 Å². The lowest BCUT2D eigenvalue weighted by Crippen LogP contribution is -2.39. The minimum absolute atomic E-state index is 0.0291. The maximum atomic E-state index is 12.6. The molecule has 0 aliphatic carbocycles. The van der Waals surface area contributed by atoms with E-state index in [9.17, 15) is 9.59 Å². The first-order chi connectivity index (χ1) is 12.8. The molecule has 146 valence electrons. The smallest absolute Gasteiger partial charge is 0.322 e. The third-order valence-electron chi connectivity index (χ3n) is 4.06. The van der Waals surface area contributed by atoms with E-state index in [0.29, 0.717) is 28.0 Å². The molecule has 0 saturated heterocycles. The van der Waals surface area contributed by atoms with Crippen molar-refractivity contribution in [2.45, 2.75) is 52.7 Å². The van der Waals surface area contributed by atoms with Crippen LogP contribution in [0.5, 0.6) is 0 Å². The van der Waals surface area contributed by atoms with Crippen LogP contribution < -0.4 is 10.6 Å². The molecule has 1 aromatic heterocycles. The molecule has 1 aromatic carbocycles. The van der Waals surface area contributed by atoms with Crippen LogP contribution in [0.4, 0.5) is 10.5 Å². The lowest BCUT2D eigenvalue weighted by atomic mass is 10.2. The summed E-state index contributed by atoms with van der Waals surface area (Å²) < 4.78 is 0. The highest BCUT2D eigenvalue weighted by molar-refractivity contribution is 7.09. The van der Waals surface area contributed by atoms with Crippen LogP contribution in [-0.2, 0) is 6.54 Å². The summed E-state index contributed by atoms with van der Waals surface area (Å²) in [5, 5.41) is 8.80. The molecule has 0 bridgehead atoms. The fourth-order valence-electron chi connectivity index (χ4n) is 2.25. The van der Waals surface area contributed by atoms with E-state index in [1.807, 2.05) is 27.7 Å². The van der Waals surface area contributed by atoms with Gasteiger partial charge in [-0.05, 0) is 51.5 Å². The zero-order chi connectivity index (χ0) is 20.0. The molecule has 2 N–H and O–H groups in total. The van der Waals surface area contributed by atoms with E-state index in [0.717, 1.165) is 6.42 Å². The van der Waals surface area contributed by atoms with Gasteiger partial charge in [-0.15, -0.1) is 11.3 Å². The minimum atomic E-state index is -0.229. The molecule has 1 heterocycles. The van der Waals surface area contributed by atoms with Crippen LogP contribution in [0.3, 0.4) is 0 Å². The molecule has 2 aromatic rings. The number of thiazole rings is 1. The van der Waals surface area contributed by atoms with Gasteiger partial charge in [0.25, 0.3) is 5.91 Å². The third kappa shape index (κ3) is 6.22. The van der Waals surface area contributed by atoms with Crippen molar-refractivity contribution in [3.8, 4) is 0 Å². The van der Waals surface area contributed by atoms with Crippen LogP contribution >= 0.6 is 22.9 Å². The lowest BCUT2D eigenvalue weighted by molar-refractivity contribution is 0.0934. The second-order valence-corrected chi connectivity index (χ2v) is 7.95. The SMILES string of the molecule is CC[C@H](C)NC(=O)c1csc(CN(C(=O)Nc2ccc(Cl)cc2)C(C)C)n1. The molecular weight excluding hydrogens is 384 g/mol. The predicted molar refractivity (Wildman–Crippen MR) is 110 cm³/mol. The Kier molecular flexibility index (Phi) is 7.62. The standard InChI is InChI=1S/C19H25ClN4O2S/c1-5-13(4)21-18(25)16-11-27-17(23-16)10-24(12(2)3)19(26)22-15-8-6-14(20)7-9-15/h6-9,11-13H,5,10H2,1-4H3,(H,21,25)(H,22,26)/t13-/m0/s1. The second kappa shape index (κ2) is 9.71. The maximum Gasteiger partial charge on any atom is 0.322 e. The van der Waals surface area contributed by atoms with E-state index in [-0.39, 0.29) is 24.0 Å². The van der Waals surface area contributed by atoms with Crippen molar-refractivity contribution in [1.29, 1.82) is 0 Å². The van der Waals surface area contributed by atoms with Crippen molar-refractivity contribution >= 4 is 40.6 Å². The monoisotopic (exact) mass is 408 g/mol. The van der Waals surface area contributed by atoms with Crippen LogP contribution in [0, 0.1) is 0 Å². The average molecular weight is 409 g/mol. The Morgan fingerprint density at radius 2 is 1.89 bits per heavy atom. The van der Waals surface area contributed by atoms with Crippen molar-refractivity contribution < 1.29 is 9.59 Å². The largest absolute Gasteiger partial charge is 0.348 e. The van der Waals surface area contributed by atoms with Gasteiger partial charge in [-0.25, -0.2) is 9.78 Å². The molecule has 3 amide bonds. The number of amides is 3. The second-order valence-electron chi connectivity index (χ2n) is 6.57. The number of carbonyl (C=O) groups excluding carboxylic acids is 2. The number of hydrogen-bond acceptors (Lipinski definition) is 4. The highest BCUT2D eigenvalue weighted by Gasteiger charge is 2.20.